The van der Waals surface area contributed by atoms with Crippen LogP contribution in [0.2, 0.25) is 0 Å². The maximum atomic E-state index is 10.7. The molecule has 76 valence electrons. The third kappa shape index (κ3) is 1.65. The number of furan rings is 1. The molecule has 1 aromatic heterocycles. The Morgan fingerprint density at radius 2 is 2.43 bits per heavy atom. The highest BCUT2D eigenvalue weighted by Crippen LogP contribution is 2.27. The fraction of sp³-hybridized carbons (Fsp3) is 0.500. The molecule has 0 radical (unpaired) electrons. The van der Waals surface area contributed by atoms with E-state index in [2.05, 4.69) is 5.32 Å². The third-order valence-electron chi connectivity index (χ3n) is 2.59. The molecule has 0 aliphatic carbocycles. The number of rotatable bonds is 2. The SMILES string of the molecule is Cc1ccc(C2CNC(C(=O)O)C2)o1. The van der Waals surface area contributed by atoms with E-state index in [1.165, 1.54) is 0 Å². The van der Waals surface area contributed by atoms with Crippen LogP contribution in [0.3, 0.4) is 0 Å². The second-order valence-electron chi connectivity index (χ2n) is 3.68. The summed E-state index contributed by atoms with van der Waals surface area (Å²) in [5.74, 6) is 1.18. The molecule has 4 heteroatoms. The number of carbonyl (C=O) groups is 1. The van der Waals surface area contributed by atoms with Crippen molar-refractivity contribution in [2.45, 2.75) is 25.3 Å². The van der Waals surface area contributed by atoms with E-state index in [0.717, 1.165) is 11.5 Å². The molecule has 1 aliphatic rings. The van der Waals surface area contributed by atoms with E-state index in [1.54, 1.807) is 0 Å². The van der Waals surface area contributed by atoms with Gasteiger partial charge >= 0.3 is 5.97 Å². The Balaban J connectivity index is 2.05. The Labute approximate surface area is 81.9 Å². The lowest BCUT2D eigenvalue weighted by atomic mass is 10.0. The van der Waals surface area contributed by atoms with Crippen molar-refractivity contribution in [1.82, 2.24) is 5.32 Å². The number of hydrogen-bond donors (Lipinski definition) is 2. The molecule has 1 saturated heterocycles. The van der Waals surface area contributed by atoms with E-state index < -0.39 is 12.0 Å². The average Bonchev–Trinajstić information content (AvgIpc) is 2.70. The Bertz CT molecular complexity index is 345. The van der Waals surface area contributed by atoms with Gasteiger partial charge in [-0.05, 0) is 25.5 Å². The summed E-state index contributed by atoms with van der Waals surface area (Å²) in [7, 11) is 0. The molecule has 14 heavy (non-hydrogen) atoms. The summed E-state index contributed by atoms with van der Waals surface area (Å²) in [4.78, 5) is 10.7. The summed E-state index contributed by atoms with van der Waals surface area (Å²) >= 11 is 0. The lowest BCUT2D eigenvalue weighted by molar-refractivity contribution is -0.139. The van der Waals surface area contributed by atoms with Crippen LogP contribution in [0.5, 0.6) is 0 Å². The van der Waals surface area contributed by atoms with E-state index in [1.807, 2.05) is 19.1 Å². The van der Waals surface area contributed by atoms with Gasteiger partial charge in [0.15, 0.2) is 0 Å². The minimum absolute atomic E-state index is 0.199. The monoisotopic (exact) mass is 195 g/mol. The summed E-state index contributed by atoms with van der Waals surface area (Å²) in [6, 6.07) is 3.40. The van der Waals surface area contributed by atoms with Crippen LogP contribution in [0, 0.1) is 6.92 Å². The lowest BCUT2D eigenvalue weighted by Crippen LogP contribution is -2.29. The standard InChI is InChI=1S/C10H13NO3/c1-6-2-3-9(14-6)7-4-8(10(12)13)11-5-7/h2-3,7-8,11H,4-5H2,1H3,(H,12,13). The van der Waals surface area contributed by atoms with Gasteiger partial charge < -0.3 is 14.8 Å². The van der Waals surface area contributed by atoms with Crippen molar-refractivity contribution >= 4 is 5.97 Å². The van der Waals surface area contributed by atoms with E-state index in [9.17, 15) is 4.79 Å². The van der Waals surface area contributed by atoms with Crippen molar-refractivity contribution < 1.29 is 14.3 Å². The van der Waals surface area contributed by atoms with Crippen LogP contribution in [-0.4, -0.2) is 23.7 Å². The number of carboxylic acids is 1. The zero-order valence-electron chi connectivity index (χ0n) is 7.99. The summed E-state index contributed by atoms with van der Waals surface area (Å²) in [5, 5.41) is 11.7. The maximum Gasteiger partial charge on any atom is 0.320 e. The van der Waals surface area contributed by atoms with Crippen LogP contribution in [-0.2, 0) is 4.79 Å². The van der Waals surface area contributed by atoms with Crippen molar-refractivity contribution in [1.29, 1.82) is 0 Å². The van der Waals surface area contributed by atoms with Crippen LogP contribution in [0.4, 0.5) is 0 Å². The normalized spacial score (nSPS) is 26.6. The fourth-order valence-electron chi connectivity index (χ4n) is 1.81. The third-order valence-corrected chi connectivity index (χ3v) is 2.59. The summed E-state index contributed by atoms with van der Waals surface area (Å²) in [6.45, 7) is 2.57. The molecule has 4 nitrogen and oxygen atoms in total. The number of aliphatic carboxylic acids is 1. The van der Waals surface area contributed by atoms with Crippen LogP contribution in [0.15, 0.2) is 16.5 Å². The zero-order chi connectivity index (χ0) is 10.1. The fourth-order valence-corrected chi connectivity index (χ4v) is 1.81. The van der Waals surface area contributed by atoms with Gasteiger partial charge in [-0.2, -0.15) is 0 Å². The molecule has 2 unspecified atom stereocenters. The lowest BCUT2D eigenvalue weighted by Gasteiger charge is -2.03. The average molecular weight is 195 g/mol. The summed E-state index contributed by atoms with van der Waals surface area (Å²) in [5.41, 5.74) is 0. The smallest absolute Gasteiger partial charge is 0.320 e. The topological polar surface area (TPSA) is 62.5 Å². The van der Waals surface area contributed by atoms with Crippen molar-refractivity contribution in [2.24, 2.45) is 0 Å². The highest BCUT2D eigenvalue weighted by atomic mass is 16.4. The molecule has 0 bridgehead atoms. The number of nitrogens with one attached hydrogen (secondary N) is 1. The first kappa shape index (κ1) is 9.27. The van der Waals surface area contributed by atoms with Crippen LogP contribution in [0.25, 0.3) is 0 Å². The minimum Gasteiger partial charge on any atom is -0.480 e. The molecule has 2 heterocycles. The Morgan fingerprint density at radius 1 is 1.64 bits per heavy atom. The molecule has 2 N–H and O–H groups in total. The van der Waals surface area contributed by atoms with Gasteiger partial charge in [0.1, 0.15) is 17.6 Å². The first-order valence-corrected chi connectivity index (χ1v) is 4.69. The Kier molecular flexibility index (Phi) is 2.29. The second kappa shape index (κ2) is 3.46. The molecule has 0 amide bonds. The van der Waals surface area contributed by atoms with Gasteiger partial charge in [-0.1, -0.05) is 0 Å². The van der Waals surface area contributed by atoms with Gasteiger partial charge in [-0.25, -0.2) is 0 Å². The van der Waals surface area contributed by atoms with Gasteiger partial charge in [-0.15, -0.1) is 0 Å². The van der Waals surface area contributed by atoms with E-state index in [0.29, 0.717) is 13.0 Å². The molecule has 1 aliphatic heterocycles. The predicted octanol–water partition coefficient (Wildman–Crippen LogP) is 1.12. The molecule has 1 fully saturated rings. The number of carboxylic acid groups (broad SMARTS) is 1. The second-order valence-corrected chi connectivity index (χ2v) is 3.68. The van der Waals surface area contributed by atoms with Gasteiger partial charge in [-0.3, -0.25) is 4.79 Å². The van der Waals surface area contributed by atoms with E-state index in [4.69, 9.17) is 9.52 Å². The maximum absolute atomic E-state index is 10.7. The van der Waals surface area contributed by atoms with E-state index in [-0.39, 0.29) is 5.92 Å². The molecular weight excluding hydrogens is 182 g/mol. The van der Waals surface area contributed by atoms with E-state index >= 15 is 0 Å². The highest BCUT2D eigenvalue weighted by Gasteiger charge is 2.31. The largest absolute Gasteiger partial charge is 0.480 e. The molecule has 2 atom stereocenters. The van der Waals surface area contributed by atoms with Crippen molar-refractivity contribution in [3.8, 4) is 0 Å². The molecule has 0 saturated carbocycles. The van der Waals surface area contributed by atoms with Crippen molar-refractivity contribution in [3.05, 3.63) is 23.7 Å². The Morgan fingerprint density at radius 3 is 2.93 bits per heavy atom. The minimum atomic E-state index is -0.782. The molecular formula is C10H13NO3. The molecule has 2 rings (SSSR count). The van der Waals surface area contributed by atoms with Gasteiger partial charge in [0.25, 0.3) is 0 Å². The van der Waals surface area contributed by atoms with Gasteiger partial charge in [0.2, 0.25) is 0 Å². The first-order valence-electron chi connectivity index (χ1n) is 4.69. The molecule has 1 aromatic rings. The van der Waals surface area contributed by atoms with Crippen LogP contribution < -0.4 is 5.32 Å². The van der Waals surface area contributed by atoms with Crippen molar-refractivity contribution in [2.75, 3.05) is 6.54 Å². The molecule has 0 aromatic carbocycles. The zero-order valence-corrected chi connectivity index (χ0v) is 7.99. The molecule has 0 spiro atoms. The van der Waals surface area contributed by atoms with Gasteiger partial charge in [0.05, 0.1) is 0 Å². The summed E-state index contributed by atoms with van der Waals surface area (Å²) < 4.78 is 5.46. The highest BCUT2D eigenvalue weighted by molar-refractivity contribution is 5.74. The number of hydrogen-bond acceptors (Lipinski definition) is 3. The van der Waals surface area contributed by atoms with Gasteiger partial charge in [0, 0.05) is 12.5 Å². The summed E-state index contributed by atoms with van der Waals surface area (Å²) in [6.07, 6.45) is 0.613. The van der Waals surface area contributed by atoms with Crippen molar-refractivity contribution in [3.63, 3.8) is 0 Å². The predicted molar refractivity (Wildman–Crippen MR) is 50.2 cm³/mol. The quantitative estimate of drug-likeness (QED) is 0.742. The first-order chi connectivity index (χ1) is 6.66. The van der Waals surface area contributed by atoms with Crippen LogP contribution >= 0.6 is 0 Å². The number of aryl methyl sites for hydroxylation is 1. The Hall–Kier alpha value is -1.29. The van der Waals surface area contributed by atoms with Crippen LogP contribution in [0.1, 0.15) is 23.9 Å².